The van der Waals surface area contributed by atoms with Gasteiger partial charge in [0.1, 0.15) is 0 Å². The smallest absolute Gasteiger partial charge is 0.337 e. The van der Waals surface area contributed by atoms with Crippen molar-refractivity contribution in [2.24, 2.45) is 0 Å². The first-order valence-corrected chi connectivity index (χ1v) is 10.4. The molecule has 0 aliphatic rings. The van der Waals surface area contributed by atoms with E-state index in [-0.39, 0.29) is 17.2 Å². The highest BCUT2D eigenvalue weighted by molar-refractivity contribution is 6.08. The Morgan fingerprint density at radius 2 is 1.40 bits per heavy atom. The van der Waals surface area contributed by atoms with Crippen molar-refractivity contribution in [2.75, 3.05) is 7.05 Å². The number of hydrogen-bond acceptors (Lipinski definition) is 2. The molecule has 0 aliphatic carbocycles. The van der Waals surface area contributed by atoms with Crippen molar-refractivity contribution in [3.05, 3.63) is 101 Å². The summed E-state index contributed by atoms with van der Waals surface area (Å²) in [4.78, 5) is 18.8. The lowest BCUT2D eigenvalue weighted by atomic mass is 9.95. The Bertz CT molecular complexity index is 1350. The van der Waals surface area contributed by atoms with Gasteiger partial charge in [0.05, 0.1) is 22.2 Å². The minimum absolute atomic E-state index is 0.0616. The largest absolute Gasteiger partial charge is 0.416 e. The molecule has 4 rings (SSSR count). The maximum absolute atomic E-state index is 13.4. The third kappa shape index (κ3) is 5.13. The highest BCUT2D eigenvalue weighted by Crippen LogP contribution is 2.37. The molecule has 0 spiro atoms. The van der Waals surface area contributed by atoms with Gasteiger partial charge < -0.3 is 4.90 Å². The molecule has 3 nitrogen and oxygen atoms in total. The molecule has 0 atom stereocenters. The Labute approximate surface area is 196 Å². The van der Waals surface area contributed by atoms with Crippen LogP contribution in [-0.4, -0.2) is 22.8 Å². The van der Waals surface area contributed by atoms with E-state index in [2.05, 4.69) is 4.98 Å². The molecule has 3 aromatic carbocycles. The van der Waals surface area contributed by atoms with Gasteiger partial charge in [0, 0.05) is 30.7 Å². The molecule has 9 heteroatoms. The fraction of sp³-hybridized carbons (Fsp3) is 0.154. The van der Waals surface area contributed by atoms with Crippen LogP contribution < -0.4 is 0 Å². The molecule has 0 saturated carbocycles. The van der Waals surface area contributed by atoms with Crippen LogP contribution in [0.25, 0.3) is 22.0 Å². The second-order valence-electron chi connectivity index (χ2n) is 8.01. The molecule has 0 radical (unpaired) electrons. The van der Waals surface area contributed by atoms with E-state index in [1.807, 2.05) is 6.07 Å². The van der Waals surface area contributed by atoms with E-state index in [4.69, 9.17) is 0 Å². The van der Waals surface area contributed by atoms with E-state index >= 15 is 0 Å². The minimum Gasteiger partial charge on any atom is -0.337 e. The standard InChI is InChI=1S/C26H18F6N2O/c1-34(15-16-11-18(25(27,28)29)13-19(12-16)26(30,31)32)24(35)21-14-33-22-10-6-5-9-20(22)23(21)17-7-3-2-4-8-17/h2-14H,15H2,1H3. The van der Waals surface area contributed by atoms with Crippen molar-refractivity contribution in [1.82, 2.24) is 9.88 Å². The van der Waals surface area contributed by atoms with Crippen molar-refractivity contribution < 1.29 is 31.1 Å². The van der Waals surface area contributed by atoms with Gasteiger partial charge in [-0.15, -0.1) is 0 Å². The minimum atomic E-state index is -4.97. The number of benzene rings is 3. The molecular formula is C26H18F6N2O. The van der Waals surface area contributed by atoms with E-state index in [0.29, 0.717) is 28.6 Å². The molecule has 180 valence electrons. The number of pyridine rings is 1. The summed E-state index contributed by atoms with van der Waals surface area (Å²) in [6.07, 6.45) is -8.57. The molecule has 0 unspecified atom stereocenters. The summed E-state index contributed by atoms with van der Waals surface area (Å²) < 4.78 is 79.4. The molecule has 1 aromatic heterocycles. The van der Waals surface area contributed by atoms with Gasteiger partial charge >= 0.3 is 12.4 Å². The number of fused-ring (bicyclic) bond motifs is 1. The summed E-state index contributed by atoms with van der Waals surface area (Å²) >= 11 is 0. The first-order chi connectivity index (χ1) is 16.4. The van der Waals surface area contributed by atoms with Gasteiger partial charge in [-0.3, -0.25) is 9.78 Å². The summed E-state index contributed by atoms with van der Waals surface area (Å²) in [7, 11) is 1.32. The number of hydrogen-bond donors (Lipinski definition) is 0. The van der Waals surface area contributed by atoms with E-state index in [0.717, 1.165) is 10.5 Å². The molecular weight excluding hydrogens is 470 g/mol. The fourth-order valence-electron chi connectivity index (χ4n) is 3.88. The zero-order chi connectivity index (χ0) is 25.4. The summed E-state index contributed by atoms with van der Waals surface area (Å²) in [6, 6.07) is 17.5. The van der Waals surface area contributed by atoms with Crippen LogP contribution >= 0.6 is 0 Å². The molecule has 0 N–H and O–H groups in total. The van der Waals surface area contributed by atoms with Crippen molar-refractivity contribution in [2.45, 2.75) is 18.9 Å². The Balaban J connectivity index is 1.76. The monoisotopic (exact) mass is 488 g/mol. The van der Waals surface area contributed by atoms with Crippen molar-refractivity contribution in [3.8, 4) is 11.1 Å². The second kappa shape index (κ2) is 9.05. The summed E-state index contributed by atoms with van der Waals surface area (Å²) in [5.74, 6) is -0.590. The molecule has 0 saturated heterocycles. The van der Waals surface area contributed by atoms with Crippen molar-refractivity contribution >= 4 is 16.8 Å². The Kier molecular flexibility index (Phi) is 6.27. The van der Waals surface area contributed by atoms with Gasteiger partial charge in [-0.05, 0) is 35.4 Å². The predicted octanol–water partition coefficient (Wildman–Crippen LogP) is 7.21. The van der Waals surface area contributed by atoms with Crippen LogP contribution in [0.3, 0.4) is 0 Å². The average molecular weight is 488 g/mol. The quantitative estimate of drug-likeness (QED) is 0.285. The number of carbonyl (C=O) groups excluding carboxylic acids is 1. The topological polar surface area (TPSA) is 33.2 Å². The average Bonchev–Trinajstić information content (AvgIpc) is 2.82. The Morgan fingerprint density at radius 3 is 2.00 bits per heavy atom. The third-order valence-electron chi connectivity index (χ3n) is 5.48. The van der Waals surface area contributed by atoms with Crippen LogP contribution in [0.2, 0.25) is 0 Å². The molecule has 0 aliphatic heterocycles. The van der Waals surface area contributed by atoms with E-state index in [1.54, 1.807) is 48.5 Å². The van der Waals surface area contributed by atoms with Gasteiger partial charge in [0.2, 0.25) is 0 Å². The number of carbonyl (C=O) groups is 1. The highest BCUT2D eigenvalue weighted by atomic mass is 19.4. The number of amides is 1. The zero-order valence-electron chi connectivity index (χ0n) is 18.3. The van der Waals surface area contributed by atoms with Gasteiger partial charge in [-0.2, -0.15) is 26.3 Å². The number of aromatic nitrogens is 1. The summed E-state index contributed by atoms with van der Waals surface area (Å²) in [6.45, 7) is -0.465. The zero-order valence-corrected chi connectivity index (χ0v) is 18.3. The normalized spacial score (nSPS) is 12.1. The fourth-order valence-corrected chi connectivity index (χ4v) is 3.88. The van der Waals surface area contributed by atoms with Crippen molar-refractivity contribution in [3.63, 3.8) is 0 Å². The van der Waals surface area contributed by atoms with Crippen LogP contribution in [0.1, 0.15) is 27.0 Å². The number of halogens is 6. The van der Waals surface area contributed by atoms with Crippen LogP contribution in [-0.2, 0) is 18.9 Å². The van der Waals surface area contributed by atoms with Crippen molar-refractivity contribution in [1.29, 1.82) is 0 Å². The Morgan fingerprint density at radius 1 is 0.829 bits per heavy atom. The molecule has 35 heavy (non-hydrogen) atoms. The number of nitrogens with zero attached hydrogens (tertiary/aromatic N) is 2. The van der Waals surface area contributed by atoms with Gasteiger partial charge in [0.15, 0.2) is 0 Å². The Hall–Kier alpha value is -3.88. The maximum atomic E-state index is 13.4. The van der Waals surface area contributed by atoms with Gasteiger partial charge in [-0.25, -0.2) is 0 Å². The summed E-state index contributed by atoms with van der Waals surface area (Å²) in [5, 5.41) is 0.691. The molecule has 1 heterocycles. The van der Waals surface area contributed by atoms with E-state index in [9.17, 15) is 31.1 Å². The molecule has 4 aromatic rings. The molecule has 0 bridgehead atoms. The lowest BCUT2D eigenvalue weighted by molar-refractivity contribution is -0.143. The lowest BCUT2D eigenvalue weighted by Crippen LogP contribution is -2.27. The lowest BCUT2D eigenvalue weighted by Gasteiger charge is -2.21. The number of para-hydroxylation sites is 1. The SMILES string of the molecule is CN(Cc1cc(C(F)(F)F)cc(C(F)(F)F)c1)C(=O)c1cnc2ccccc2c1-c1ccccc1. The first-order valence-electron chi connectivity index (χ1n) is 10.4. The second-order valence-corrected chi connectivity index (χ2v) is 8.01. The predicted molar refractivity (Wildman–Crippen MR) is 119 cm³/mol. The third-order valence-corrected chi connectivity index (χ3v) is 5.48. The van der Waals surface area contributed by atoms with Gasteiger partial charge in [-0.1, -0.05) is 48.5 Å². The van der Waals surface area contributed by atoms with Crippen LogP contribution in [0, 0.1) is 0 Å². The summed E-state index contributed by atoms with van der Waals surface area (Å²) in [5.41, 5.74) is -1.04. The van der Waals surface area contributed by atoms with E-state index < -0.39 is 35.9 Å². The highest BCUT2D eigenvalue weighted by Gasteiger charge is 2.37. The number of alkyl halides is 6. The maximum Gasteiger partial charge on any atom is 0.416 e. The van der Waals surface area contributed by atoms with Gasteiger partial charge in [0.25, 0.3) is 5.91 Å². The number of rotatable bonds is 4. The molecule has 0 fully saturated rings. The first kappa shape index (κ1) is 24.3. The van der Waals surface area contributed by atoms with E-state index in [1.165, 1.54) is 13.2 Å². The van der Waals surface area contributed by atoms with Crippen LogP contribution in [0.15, 0.2) is 79.0 Å². The van der Waals surface area contributed by atoms with Crippen LogP contribution in [0.5, 0.6) is 0 Å². The molecule has 1 amide bonds. The van der Waals surface area contributed by atoms with Crippen LogP contribution in [0.4, 0.5) is 26.3 Å².